The van der Waals surface area contributed by atoms with E-state index in [0.29, 0.717) is 0 Å². The van der Waals surface area contributed by atoms with Crippen molar-refractivity contribution in [1.29, 1.82) is 0 Å². The molecule has 1 aromatic rings. The van der Waals surface area contributed by atoms with Crippen molar-refractivity contribution in [3.05, 3.63) is 41.3 Å². The number of rotatable bonds is 7. The number of fused-ring (bicyclic) bond motifs is 1. The van der Waals surface area contributed by atoms with Gasteiger partial charge in [-0.15, -0.1) is 0 Å². The van der Waals surface area contributed by atoms with Crippen molar-refractivity contribution >= 4 is 0 Å². The Labute approximate surface area is 143 Å². The summed E-state index contributed by atoms with van der Waals surface area (Å²) in [6.45, 7) is 5.12. The molecule has 0 saturated heterocycles. The van der Waals surface area contributed by atoms with Crippen molar-refractivity contribution in [2.45, 2.75) is 39.0 Å². The molecule has 0 atom stereocenters. The van der Waals surface area contributed by atoms with Gasteiger partial charge in [-0.2, -0.15) is 0 Å². The molecule has 1 aromatic heterocycles. The van der Waals surface area contributed by atoms with Gasteiger partial charge in [-0.1, -0.05) is 5.16 Å². The molecule has 130 valence electrons. The highest BCUT2D eigenvalue weighted by atomic mass is 16.5. The number of hydrazine groups is 1. The fraction of sp³-hybridized carbons (Fsp3) is 0.611. The smallest absolute Gasteiger partial charge is 0.136 e. The lowest BCUT2D eigenvalue weighted by Gasteiger charge is -2.36. The summed E-state index contributed by atoms with van der Waals surface area (Å²) >= 11 is 0. The van der Waals surface area contributed by atoms with Gasteiger partial charge >= 0.3 is 0 Å². The third-order valence-electron chi connectivity index (χ3n) is 4.95. The van der Waals surface area contributed by atoms with Crippen LogP contribution in [0.1, 0.15) is 37.1 Å². The van der Waals surface area contributed by atoms with Crippen molar-refractivity contribution in [3.63, 3.8) is 0 Å². The number of unbranched alkanes of at least 4 members (excludes halogenated alkanes) is 1. The van der Waals surface area contributed by atoms with Crippen LogP contribution in [0.3, 0.4) is 0 Å². The lowest BCUT2D eigenvalue weighted by atomic mass is 10.2. The Bertz CT molecular complexity index is 646. The molecule has 0 amide bonds. The van der Waals surface area contributed by atoms with E-state index in [1.165, 1.54) is 24.2 Å². The highest BCUT2D eigenvalue weighted by molar-refractivity contribution is 5.33. The van der Waals surface area contributed by atoms with E-state index < -0.39 is 0 Å². The van der Waals surface area contributed by atoms with Crippen LogP contribution in [0, 0.1) is 12.8 Å². The van der Waals surface area contributed by atoms with Crippen LogP contribution in [0.4, 0.5) is 0 Å². The summed E-state index contributed by atoms with van der Waals surface area (Å²) in [5.41, 5.74) is 7.03. The molecule has 3 heterocycles. The Morgan fingerprint density at radius 2 is 2.17 bits per heavy atom. The first-order chi connectivity index (χ1) is 11.7. The molecule has 0 aromatic carbocycles. The van der Waals surface area contributed by atoms with E-state index in [9.17, 15) is 0 Å². The Kier molecular flexibility index (Phi) is 4.12. The van der Waals surface area contributed by atoms with Gasteiger partial charge in [-0.05, 0) is 38.5 Å². The van der Waals surface area contributed by atoms with E-state index in [-0.39, 0.29) is 0 Å². The van der Waals surface area contributed by atoms with Gasteiger partial charge < -0.3 is 19.7 Å². The second-order valence-electron chi connectivity index (χ2n) is 7.27. The molecule has 0 unspecified atom stereocenters. The van der Waals surface area contributed by atoms with E-state index in [2.05, 4.69) is 44.8 Å². The van der Waals surface area contributed by atoms with Gasteiger partial charge in [0.1, 0.15) is 5.76 Å². The number of hydrogen-bond acceptors (Lipinski definition) is 6. The first kappa shape index (κ1) is 15.4. The molecule has 6 heteroatoms. The summed E-state index contributed by atoms with van der Waals surface area (Å²) in [7, 11) is 2.17. The lowest BCUT2D eigenvalue weighted by Crippen LogP contribution is -2.40. The quantitative estimate of drug-likeness (QED) is 0.775. The Balaban J connectivity index is 1.30. The van der Waals surface area contributed by atoms with Crippen LogP contribution >= 0.6 is 0 Å². The van der Waals surface area contributed by atoms with E-state index in [0.717, 1.165) is 56.4 Å². The number of nitrogens with zero attached hydrogens (tertiary/aromatic N) is 4. The molecule has 24 heavy (non-hydrogen) atoms. The van der Waals surface area contributed by atoms with Crippen molar-refractivity contribution in [2.24, 2.45) is 5.92 Å². The van der Waals surface area contributed by atoms with Crippen molar-refractivity contribution in [3.8, 4) is 0 Å². The van der Waals surface area contributed by atoms with Gasteiger partial charge in [0.05, 0.1) is 23.8 Å². The summed E-state index contributed by atoms with van der Waals surface area (Å²) in [5.74, 6) is 1.87. The van der Waals surface area contributed by atoms with E-state index in [1.807, 2.05) is 13.0 Å². The number of nitrogens with one attached hydrogen (secondary N) is 1. The maximum atomic E-state index is 5.28. The Morgan fingerprint density at radius 1 is 1.29 bits per heavy atom. The number of hydrogen-bond donors (Lipinski definition) is 1. The standard InChI is InChI=1S/C18H27N5O/c1-14-9-16(24-20-14)5-3-4-8-22-12-18-17(21(2)13-22)10-19-23(18)11-15-6-7-15/h9-10,12,15,19H,3-8,11,13H2,1-2H3. The summed E-state index contributed by atoms with van der Waals surface area (Å²) in [5, 5.41) is 6.26. The van der Waals surface area contributed by atoms with Crippen molar-refractivity contribution < 1.29 is 4.52 Å². The fourth-order valence-corrected chi connectivity index (χ4v) is 3.42. The van der Waals surface area contributed by atoms with Gasteiger partial charge in [0.15, 0.2) is 0 Å². The predicted octanol–water partition coefficient (Wildman–Crippen LogP) is 2.42. The van der Waals surface area contributed by atoms with Gasteiger partial charge in [-0.25, -0.2) is 0 Å². The fourth-order valence-electron chi connectivity index (χ4n) is 3.42. The van der Waals surface area contributed by atoms with Gasteiger partial charge in [-0.3, -0.25) is 5.01 Å². The van der Waals surface area contributed by atoms with Crippen molar-refractivity contribution in [1.82, 2.24) is 25.4 Å². The molecular weight excluding hydrogens is 302 g/mol. The molecule has 6 nitrogen and oxygen atoms in total. The average molecular weight is 329 g/mol. The van der Waals surface area contributed by atoms with Crippen LogP contribution in [0.2, 0.25) is 0 Å². The second-order valence-corrected chi connectivity index (χ2v) is 7.27. The molecule has 1 N–H and O–H groups in total. The summed E-state index contributed by atoms with van der Waals surface area (Å²) in [6.07, 6.45) is 10.5. The normalized spacial score (nSPS) is 20.0. The molecule has 1 fully saturated rings. The highest BCUT2D eigenvalue weighted by Crippen LogP contribution is 2.34. The van der Waals surface area contributed by atoms with E-state index in [1.54, 1.807) is 0 Å². The molecule has 3 aliphatic rings. The summed E-state index contributed by atoms with van der Waals surface area (Å²) in [6, 6.07) is 2.04. The number of aryl methyl sites for hydroxylation is 2. The monoisotopic (exact) mass is 329 g/mol. The molecule has 1 aliphatic carbocycles. The zero-order chi connectivity index (χ0) is 16.5. The molecule has 0 radical (unpaired) electrons. The zero-order valence-corrected chi connectivity index (χ0v) is 14.7. The molecular formula is C18H27N5O. The molecule has 0 spiro atoms. The topological polar surface area (TPSA) is 47.8 Å². The third kappa shape index (κ3) is 3.37. The Hall–Kier alpha value is -2.11. The summed E-state index contributed by atoms with van der Waals surface area (Å²) < 4.78 is 5.28. The Morgan fingerprint density at radius 3 is 2.92 bits per heavy atom. The van der Waals surface area contributed by atoms with Gasteiger partial charge in [0.2, 0.25) is 0 Å². The first-order valence-electron chi connectivity index (χ1n) is 9.02. The minimum atomic E-state index is 0.872. The predicted molar refractivity (Wildman–Crippen MR) is 92.2 cm³/mol. The number of likely N-dealkylation sites (N-methyl/N-ethyl adjacent to an activating group) is 1. The van der Waals surface area contributed by atoms with Crippen LogP contribution in [-0.2, 0) is 6.42 Å². The maximum Gasteiger partial charge on any atom is 0.136 e. The SMILES string of the molecule is Cc1cc(CCCCN2C=C3C(=CNN3CC3CC3)N(C)C2)on1. The molecule has 2 aliphatic heterocycles. The molecule has 1 saturated carbocycles. The lowest BCUT2D eigenvalue weighted by molar-refractivity contribution is 0.199. The van der Waals surface area contributed by atoms with Crippen LogP contribution in [-0.4, -0.2) is 46.8 Å². The van der Waals surface area contributed by atoms with Crippen molar-refractivity contribution in [2.75, 3.05) is 26.8 Å². The zero-order valence-electron chi connectivity index (χ0n) is 14.7. The second kappa shape index (κ2) is 6.42. The molecule has 0 bridgehead atoms. The van der Waals surface area contributed by atoms with Gasteiger partial charge in [0.25, 0.3) is 0 Å². The van der Waals surface area contributed by atoms with Gasteiger partial charge in [0, 0.05) is 45.0 Å². The summed E-state index contributed by atoms with van der Waals surface area (Å²) in [4.78, 5) is 4.75. The largest absolute Gasteiger partial charge is 0.361 e. The van der Waals surface area contributed by atoms with E-state index >= 15 is 0 Å². The highest BCUT2D eigenvalue weighted by Gasteiger charge is 2.32. The van der Waals surface area contributed by atoms with Crippen LogP contribution in [0.25, 0.3) is 0 Å². The van der Waals surface area contributed by atoms with E-state index in [4.69, 9.17) is 4.52 Å². The first-order valence-corrected chi connectivity index (χ1v) is 9.02. The molecule has 4 rings (SSSR count). The minimum absolute atomic E-state index is 0.872. The van der Waals surface area contributed by atoms with Crippen LogP contribution in [0.15, 0.2) is 34.4 Å². The maximum absolute atomic E-state index is 5.28. The minimum Gasteiger partial charge on any atom is -0.361 e. The third-order valence-corrected chi connectivity index (χ3v) is 4.95. The number of aromatic nitrogens is 1. The average Bonchev–Trinajstić information content (AvgIpc) is 3.14. The van der Waals surface area contributed by atoms with Crippen LogP contribution in [0.5, 0.6) is 0 Å². The van der Waals surface area contributed by atoms with Crippen LogP contribution < -0.4 is 5.43 Å².